The summed E-state index contributed by atoms with van der Waals surface area (Å²) in [4.78, 5) is 8.86. The first-order valence-corrected chi connectivity index (χ1v) is 6.35. The number of nitrogens with zero attached hydrogens (tertiary/aromatic N) is 6. The number of rotatable bonds is 1. The van der Waals surface area contributed by atoms with Crippen molar-refractivity contribution in [2.45, 2.75) is 13.8 Å². The summed E-state index contributed by atoms with van der Waals surface area (Å²) >= 11 is 0. The van der Waals surface area contributed by atoms with Gasteiger partial charge in [0.1, 0.15) is 12.2 Å². The monoisotopic (exact) mass is 264 g/mol. The summed E-state index contributed by atoms with van der Waals surface area (Å²) < 4.78 is 3.50. The van der Waals surface area contributed by atoms with Crippen LogP contribution in [-0.4, -0.2) is 29.4 Å². The average Bonchev–Trinajstić information content (AvgIpc) is 3.01. The van der Waals surface area contributed by atoms with Crippen LogP contribution in [0.4, 0.5) is 0 Å². The third-order valence-electron chi connectivity index (χ3n) is 3.29. The second kappa shape index (κ2) is 3.86. The number of aromatic nitrogens is 6. The van der Waals surface area contributed by atoms with Gasteiger partial charge in [-0.3, -0.25) is 0 Å². The van der Waals surface area contributed by atoms with Crippen LogP contribution in [0.3, 0.4) is 0 Å². The minimum absolute atomic E-state index is 0.724. The lowest BCUT2D eigenvalue weighted by atomic mass is 10.2. The van der Waals surface area contributed by atoms with Crippen molar-refractivity contribution in [1.82, 2.24) is 29.4 Å². The van der Waals surface area contributed by atoms with E-state index < -0.39 is 0 Å². The highest BCUT2D eigenvalue weighted by Crippen LogP contribution is 2.19. The second-order valence-electron chi connectivity index (χ2n) is 4.80. The first-order valence-electron chi connectivity index (χ1n) is 6.35. The van der Waals surface area contributed by atoms with E-state index in [-0.39, 0.29) is 0 Å². The van der Waals surface area contributed by atoms with Crippen LogP contribution in [0.2, 0.25) is 0 Å². The smallest absolute Gasteiger partial charge is 0.170 e. The summed E-state index contributed by atoms with van der Waals surface area (Å²) in [6.45, 7) is 3.93. The van der Waals surface area contributed by atoms with Gasteiger partial charge in [-0.25, -0.2) is 19.2 Å². The molecule has 0 saturated carbocycles. The number of aryl methyl sites for hydroxylation is 2. The Morgan fingerprint density at radius 3 is 2.60 bits per heavy atom. The van der Waals surface area contributed by atoms with Crippen molar-refractivity contribution in [3.8, 4) is 5.69 Å². The van der Waals surface area contributed by atoms with Gasteiger partial charge in [0.05, 0.1) is 17.3 Å². The number of hydrogen-bond acceptors (Lipinski definition) is 4. The Morgan fingerprint density at radius 2 is 1.80 bits per heavy atom. The van der Waals surface area contributed by atoms with Crippen LogP contribution in [0.15, 0.2) is 36.8 Å². The van der Waals surface area contributed by atoms with Crippen LogP contribution in [0.5, 0.6) is 0 Å². The molecule has 4 aromatic rings. The van der Waals surface area contributed by atoms with E-state index in [0.717, 1.165) is 28.2 Å². The summed E-state index contributed by atoms with van der Waals surface area (Å²) in [5.74, 6) is 0.724. The molecule has 1 aromatic carbocycles. The molecule has 6 nitrogen and oxygen atoms in total. The van der Waals surface area contributed by atoms with Crippen molar-refractivity contribution >= 4 is 16.7 Å². The maximum absolute atomic E-state index is 4.44. The van der Waals surface area contributed by atoms with E-state index >= 15 is 0 Å². The van der Waals surface area contributed by atoms with Gasteiger partial charge >= 0.3 is 0 Å². The Hall–Kier alpha value is -2.76. The van der Waals surface area contributed by atoms with Crippen LogP contribution in [0.25, 0.3) is 22.4 Å². The van der Waals surface area contributed by atoms with Gasteiger partial charge in [0.15, 0.2) is 11.3 Å². The molecular weight excluding hydrogens is 252 g/mol. The molecule has 0 unspecified atom stereocenters. The average molecular weight is 264 g/mol. The van der Waals surface area contributed by atoms with E-state index in [4.69, 9.17) is 0 Å². The van der Waals surface area contributed by atoms with Gasteiger partial charge in [-0.15, -0.1) is 0 Å². The summed E-state index contributed by atoms with van der Waals surface area (Å²) in [5, 5.41) is 9.59. The van der Waals surface area contributed by atoms with Gasteiger partial charge < -0.3 is 0 Å². The largest absolute Gasteiger partial charge is 0.216 e. The molecule has 3 heterocycles. The van der Waals surface area contributed by atoms with Crippen molar-refractivity contribution in [2.24, 2.45) is 0 Å². The van der Waals surface area contributed by atoms with Crippen molar-refractivity contribution in [2.75, 3.05) is 0 Å². The van der Waals surface area contributed by atoms with E-state index in [2.05, 4.69) is 39.2 Å². The molecule has 0 fully saturated rings. The van der Waals surface area contributed by atoms with E-state index in [1.165, 1.54) is 5.56 Å². The quantitative estimate of drug-likeness (QED) is 0.528. The standard InChI is InChI=1S/C14H12N6/c1-9-3-5-11(6-4-9)20-13-12(7-16-20)14-17-10(2)18-19(14)8-15-13/h3-8H,1-2H3. The number of hydrogen-bond donors (Lipinski definition) is 0. The highest BCUT2D eigenvalue weighted by molar-refractivity contribution is 5.89. The molecule has 0 bridgehead atoms. The molecule has 0 N–H and O–H groups in total. The number of fused-ring (bicyclic) bond motifs is 3. The topological polar surface area (TPSA) is 60.9 Å². The highest BCUT2D eigenvalue weighted by Gasteiger charge is 2.11. The SMILES string of the molecule is Cc1ccc(-n2ncc3c2ncn2nc(C)nc32)cc1. The molecule has 98 valence electrons. The van der Waals surface area contributed by atoms with E-state index in [1.54, 1.807) is 17.0 Å². The van der Waals surface area contributed by atoms with Gasteiger partial charge in [0.2, 0.25) is 0 Å². The summed E-state index contributed by atoms with van der Waals surface area (Å²) in [6, 6.07) is 8.18. The Kier molecular flexibility index (Phi) is 2.14. The fourth-order valence-electron chi connectivity index (χ4n) is 2.30. The predicted molar refractivity (Wildman–Crippen MR) is 74.9 cm³/mol. The molecule has 0 aliphatic rings. The van der Waals surface area contributed by atoms with E-state index in [0.29, 0.717) is 0 Å². The summed E-state index contributed by atoms with van der Waals surface area (Å²) in [7, 11) is 0. The van der Waals surface area contributed by atoms with E-state index in [1.807, 2.05) is 23.7 Å². The minimum Gasteiger partial charge on any atom is -0.216 e. The molecule has 20 heavy (non-hydrogen) atoms. The van der Waals surface area contributed by atoms with Gasteiger partial charge in [-0.05, 0) is 26.0 Å². The Balaban J connectivity index is 2.01. The minimum atomic E-state index is 0.724. The second-order valence-corrected chi connectivity index (χ2v) is 4.80. The van der Waals surface area contributed by atoms with Gasteiger partial charge in [-0.1, -0.05) is 17.7 Å². The lowest BCUT2D eigenvalue weighted by molar-refractivity contribution is 0.875. The van der Waals surface area contributed by atoms with Crippen LogP contribution in [0, 0.1) is 13.8 Å². The highest BCUT2D eigenvalue weighted by atomic mass is 15.3. The lowest BCUT2D eigenvalue weighted by Gasteiger charge is -2.03. The maximum atomic E-state index is 4.44. The normalized spacial score (nSPS) is 11.5. The van der Waals surface area contributed by atoms with Crippen LogP contribution in [0.1, 0.15) is 11.4 Å². The van der Waals surface area contributed by atoms with E-state index in [9.17, 15) is 0 Å². The van der Waals surface area contributed by atoms with Crippen molar-refractivity contribution in [3.63, 3.8) is 0 Å². The third-order valence-corrected chi connectivity index (χ3v) is 3.29. The molecule has 4 rings (SSSR count). The fraction of sp³-hybridized carbons (Fsp3) is 0.143. The van der Waals surface area contributed by atoms with Crippen molar-refractivity contribution in [1.29, 1.82) is 0 Å². The molecule has 3 aromatic heterocycles. The van der Waals surface area contributed by atoms with Crippen LogP contribution in [-0.2, 0) is 0 Å². The molecule has 0 amide bonds. The predicted octanol–water partition coefficient (Wildman–Crippen LogP) is 2.08. The molecular formula is C14H12N6. The molecule has 0 aliphatic carbocycles. The Labute approximate surface area is 114 Å². The van der Waals surface area contributed by atoms with Crippen molar-refractivity contribution < 1.29 is 0 Å². The maximum Gasteiger partial charge on any atom is 0.170 e. The Bertz CT molecular complexity index is 916. The lowest BCUT2D eigenvalue weighted by Crippen LogP contribution is -1.98. The molecule has 0 aliphatic heterocycles. The van der Waals surface area contributed by atoms with Gasteiger partial charge in [-0.2, -0.15) is 10.2 Å². The van der Waals surface area contributed by atoms with Gasteiger partial charge in [0, 0.05) is 0 Å². The zero-order chi connectivity index (χ0) is 13.7. The summed E-state index contributed by atoms with van der Waals surface area (Å²) in [6.07, 6.45) is 3.45. The van der Waals surface area contributed by atoms with Gasteiger partial charge in [0.25, 0.3) is 0 Å². The fourth-order valence-corrected chi connectivity index (χ4v) is 2.30. The molecule has 0 radical (unpaired) electrons. The van der Waals surface area contributed by atoms with Crippen molar-refractivity contribution in [3.05, 3.63) is 48.2 Å². The first kappa shape index (κ1) is 11.1. The molecule has 0 atom stereocenters. The third kappa shape index (κ3) is 1.51. The zero-order valence-electron chi connectivity index (χ0n) is 11.1. The molecule has 0 spiro atoms. The Morgan fingerprint density at radius 1 is 1.00 bits per heavy atom. The van der Waals surface area contributed by atoms with Crippen LogP contribution < -0.4 is 0 Å². The van der Waals surface area contributed by atoms with Crippen LogP contribution >= 0.6 is 0 Å². The zero-order valence-corrected chi connectivity index (χ0v) is 11.1. The summed E-state index contributed by atoms with van der Waals surface area (Å²) in [5.41, 5.74) is 3.77. The first-order chi connectivity index (χ1) is 9.72. The number of benzene rings is 1. The molecule has 6 heteroatoms. The molecule has 0 saturated heterocycles.